The van der Waals surface area contributed by atoms with Crippen molar-refractivity contribution in [3.8, 4) is 0 Å². The van der Waals surface area contributed by atoms with Crippen molar-refractivity contribution in [2.75, 3.05) is 26.2 Å². The average molecular weight is 332 g/mol. The third-order valence-electron chi connectivity index (χ3n) is 4.00. The van der Waals surface area contributed by atoms with Gasteiger partial charge in [-0.2, -0.15) is 0 Å². The van der Waals surface area contributed by atoms with Gasteiger partial charge in [0, 0.05) is 6.54 Å². The van der Waals surface area contributed by atoms with Crippen LogP contribution in [0.1, 0.15) is 18.4 Å². The number of hydrogen-bond acceptors (Lipinski definition) is 3. The van der Waals surface area contributed by atoms with Crippen LogP contribution in [0.5, 0.6) is 0 Å². The summed E-state index contributed by atoms with van der Waals surface area (Å²) in [4.78, 5) is 1.99. The van der Waals surface area contributed by atoms with Gasteiger partial charge in [0.2, 0.25) is 10.0 Å². The first-order valence-electron chi connectivity index (χ1n) is 7.43. The van der Waals surface area contributed by atoms with Gasteiger partial charge in [0.05, 0.1) is 11.4 Å². The summed E-state index contributed by atoms with van der Waals surface area (Å²) in [7, 11) is -3.49. The Balaban J connectivity index is 1.82. The lowest BCUT2D eigenvalue weighted by molar-refractivity contribution is 0.0696. The van der Waals surface area contributed by atoms with E-state index in [1.807, 2.05) is 6.92 Å². The molecule has 1 N–H and O–H groups in total. The highest BCUT2D eigenvalue weighted by Crippen LogP contribution is 2.18. The number of likely N-dealkylation sites (tertiary alicyclic amines) is 1. The van der Waals surface area contributed by atoms with Crippen molar-refractivity contribution < 1.29 is 17.2 Å². The molecule has 0 amide bonds. The molecule has 0 atom stereocenters. The molecule has 2 rings (SSSR count). The van der Waals surface area contributed by atoms with Gasteiger partial charge in [-0.05, 0) is 50.9 Å². The predicted octanol–water partition coefficient (Wildman–Crippen LogP) is 2.25. The number of benzene rings is 1. The Morgan fingerprint density at radius 2 is 1.82 bits per heavy atom. The summed E-state index contributed by atoms with van der Waals surface area (Å²) in [5.41, 5.74) is 1.00. The third-order valence-corrected chi connectivity index (χ3v) is 5.44. The molecule has 22 heavy (non-hydrogen) atoms. The molecular weight excluding hydrogens is 310 g/mol. The molecule has 1 heterocycles. The summed E-state index contributed by atoms with van der Waals surface area (Å²) in [6.07, 6.45) is -0.830. The van der Waals surface area contributed by atoms with Crippen molar-refractivity contribution in [1.82, 2.24) is 9.62 Å². The highest BCUT2D eigenvalue weighted by molar-refractivity contribution is 7.89. The van der Waals surface area contributed by atoms with Gasteiger partial charge < -0.3 is 0 Å². The Labute approximate surface area is 130 Å². The number of hydrogen-bond donors (Lipinski definition) is 1. The minimum Gasteiger partial charge on any atom is -0.298 e. The van der Waals surface area contributed by atoms with E-state index >= 15 is 0 Å². The molecule has 0 unspecified atom stereocenters. The largest absolute Gasteiger partial charge is 0.298 e. The van der Waals surface area contributed by atoms with E-state index in [0.717, 1.165) is 18.4 Å². The molecular formula is C15H22F2N2O2S. The van der Waals surface area contributed by atoms with E-state index < -0.39 is 16.4 Å². The molecule has 1 aliphatic heterocycles. The van der Waals surface area contributed by atoms with Crippen LogP contribution in [-0.2, 0) is 10.0 Å². The number of nitrogens with one attached hydrogen (secondary N) is 1. The van der Waals surface area contributed by atoms with Crippen molar-refractivity contribution in [2.24, 2.45) is 5.92 Å². The van der Waals surface area contributed by atoms with E-state index in [2.05, 4.69) is 4.72 Å². The summed E-state index contributed by atoms with van der Waals surface area (Å²) in [6.45, 7) is 3.26. The molecule has 0 aromatic heterocycles. The number of sulfonamides is 1. The van der Waals surface area contributed by atoms with Crippen LogP contribution >= 0.6 is 0 Å². The van der Waals surface area contributed by atoms with Crippen LogP contribution in [0.2, 0.25) is 0 Å². The molecule has 1 aromatic rings. The van der Waals surface area contributed by atoms with Gasteiger partial charge in [-0.15, -0.1) is 0 Å². The fraction of sp³-hybridized carbons (Fsp3) is 0.600. The molecule has 1 fully saturated rings. The van der Waals surface area contributed by atoms with E-state index in [9.17, 15) is 17.2 Å². The van der Waals surface area contributed by atoms with E-state index in [-0.39, 0.29) is 17.4 Å². The zero-order valence-corrected chi connectivity index (χ0v) is 13.5. The zero-order valence-electron chi connectivity index (χ0n) is 12.6. The molecule has 0 bridgehead atoms. The van der Waals surface area contributed by atoms with Crippen molar-refractivity contribution in [3.05, 3.63) is 29.8 Å². The Kier molecular flexibility index (Phi) is 5.88. The fourth-order valence-corrected chi connectivity index (χ4v) is 3.71. The van der Waals surface area contributed by atoms with E-state index in [1.54, 1.807) is 29.2 Å². The maximum absolute atomic E-state index is 12.3. The number of piperidine rings is 1. The molecule has 1 aromatic carbocycles. The Morgan fingerprint density at radius 3 is 2.36 bits per heavy atom. The average Bonchev–Trinajstić information content (AvgIpc) is 2.46. The normalized spacial score (nSPS) is 18.0. The van der Waals surface area contributed by atoms with E-state index in [4.69, 9.17) is 0 Å². The minimum absolute atomic E-state index is 0.193. The summed E-state index contributed by atoms with van der Waals surface area (Å²) in [5, 5.41) is 0. The van der Waals surface area contributed by atoms with Crippen LogP contribution in [0.3, 0.4) is 0 Å². The third kappa shape index (κ3) is 5.00. The topological polar surface area (TPSA) is 49.4 Å². The van der Waals surface area contributed by atoms with Crippen molar-refractivity contribution >= 4 is 10.0 Å². The summed E-state index contributed by atoms with van der Waals surface area (Å²) in [5.74, 6) is 0.203. The minimum atomic E-state index is -3.49. The SMILES string of the molecule is Cc1ccc(S(=O)(=O)NCC2CCN(CC(F)F)CC2)cc1. The second kappa shape index (κ2) is 7.48. The quantitative estimate of drug-likeness (QED) is 0.869. The molecule has 1 aliphatic rings. The lowest BCUT2D eigenvalue weighted by Gasteiger charge is -2.31. The van der Waals surface area contributed by atoms with Gasteiger partial charge >= 0.3 is 0 Å². The molecule has 124 valence electrons. The van der Waals surface area contributed by atoms with Crippen molar-refractivity contribution in [2.45, 2.75) is 31.1 Å². The maximum Gasteiger partial charge on any atom is 0.251 e. The number of halogens is 2. The van der Waals surface area contributed by atoms with E-state index in [0.29, 0.717) is 19.6 Å². The summed E-state index contributed by atoms with van der Waals surface area (Å²) in [6, 6.07) is 6.70. The highest BCUT2D eigenvalue weighted by Gasteiger charge is 2.23. The van der Waals surface area contributed by atoms with Crippen molar-refractivity contribution in [3.63, 3.8) is 0 Å². The van der Waals surface area contributed by atoms with Gasteiger partial charge in [0.15, 0.2) is 0 Å². The van der Waals surface area contributed by atoms with Crippen molar-refractivity contribution in [1.29, 1.82) is 0 Å². The van der Waals surface area contributed by atoms with Gasteiger partial charge in [0.1, 0.15) is 0 Å². The lowest BCUT2D eigenvalue weighted by atomic mass is 9.97. The Morgan fingerprint density at radius 1 is 1.23 bits per heavy atom. The van der Waals surface area contributed by atoms with Crippen LogP contribution < -0.4 is 4.72 Å². The van der Waals surface area contributed by atoms with Crippen LogP contribution in [0.4, 0.5) is 8.78 Å². The lowest BCUT2D eigenvalue weighted by Crippen LogP contribution is -2.40. The molecule has 0 aliphatic carbocycles. The standard InChI is InChI=1S/C15H22F2N2O2S/c1-12-2-4-14(5-3-12)22(20,21)18-10-13-6-8-19(9-7-13)11-15(16)17/h2-5,13,15,18H,6-11H2,1H3. The van der Waals surface area contributed by atoms with Crippen LogP contribution in [0.15, 0.2) is 29.2 Å². The summed E-state index contributed by atoms with van der Waals surface area (Å²) < 4.78 is 51.6. The molecule has 7 heteroatoms. The number of aryl methyl sites for hydroxylation is 1. The molecule has 0 spiro atoms. The van der Waals surface area contributed by atoms with Gasteiger partial charge in [0.25, 0.3) is 6.43 Å². The number of nitrogens with zero attached hydrogens (tertiary/aromatic N) is 1. The Hall–Kier alpha value is -1.05. The molecule has 0 saturated carbocycles. The second-order valence-electron chi connectivity index (χ2n) is 5.80. The summed E-state index contributed by atoms with van der Waals surface area (Å²) >= 11 is 0. The molecule has 1 saturated heterocycles. The first-order valence-corrected chi connectivity index (χ1v) is 8.92. The zero-order chi connectivity index (χ0) is 16.2. The van der Waals surface area contributed by atoms with Gasteiger partial charge in [-0.25, -0.2) is 21.9 Å². The van der Waals surface area contributed by atoms with E-state index in [1.165, 1.54) is 0 Å². The fourth-order valence-electron chi connectivity index (χ4n) is 2.60. The maximum atomic E-state index is 12.3. The Bertz CT molecular complexity index is 568. The first kappa shape index (κ1) is 17.3. The monoisotopic (exact) mass is 332 g/mol. The first-order chi connectivity index (χ1) is 10.4. The molecule has 4 nitrogen and oxygen atoms in total. The predicted molar refractivity (Wildman–Crippen MR) is 81.5 cm³/mol. The van der Waals surface area contributed by atoms with Crippen LogP contribution in [0.25, 0.3) is 0 Å². The van der Waals surface area contributed by atoms with Gasteiger partial charge in [-0.3, -0.25) is 4.90 Å². The van der Waals surface area contributed by atoms with Gasteiger partial charge in [-0.1, -0.05) is 17.7 Å². The second-order valence-corrected chi connectivity index (χ2v) is 7.57. The smallest absolute Gasteiger partial charge is 0.251 e. The number of alkyl halides is 2. The molecule has 0 radical (unpaired) electrons. The highest BCUT2D eigenvalue weighted by atomic mass is 32.2. The number of rotatable bonds is 6. The van der Waals surface area contributed by atoms with Crippen LogP contribution in [0, 0.1) is 12.8 Å². The van der Waals surface area contributed by atoms with Crippen LogP contribution in [-0.4, -0.2) is 45.9 Å².